The second kappa shape index (κ2) is 7.49. The first-order chi connectivity index (χ1) is 10.2. The van der Waals surface area contributed by atoms with Crippen LogP contribution in [0.1, 0.15) is 0 Å². The molecule has 5 heteroatoms. The van der Waals surface area contributed by atoms with Crippen molar-refractivity contribution in [2.45, 2.75) is 0 Å². The van der Waals surface area contributed by atoms with Gasteiger partial charge in [0.2, 0.25) is 5.95 Å². The summed E-state index contributed by atoms with van der Waals surface area (Å²) >= 11 is 0. The van der Waals surface area contributed by atoms with Crippen molar-refractivity contribution in [3.63, 3.8) is 0 Å². The van der Waals surface area contributed by atoms with Crippen LogP contribution in [0.5, 0.6) is 0 Å². The predicted molar refractivity (Wildman–Crippen MR) is 87.0 cm³/mol. The van der Waals surface area contributed by atoms with Crippen molar-refractivity contribution in [3.05, 3.63) is 72.9 Å². The molecule has 21 heavy (non-hydrogen) atoms. The number of hydrogen-bond acceptors (Lipinski definition) is 5. The standard InChI is InChI=1S/C10H10N4.C6H7N/c11-10-12-7-6-9(14-10)13-8-4-2-1-3-5-8;7-6-4-2-1-3-5-6/h1-7H,(H3,11,12,13,14);1-5H,7H2. The lowest BCUT2D eigenvalue weighted by atomic mass is 10.3. The molecule has 5 nitrogen and oxygen atoms in total. The number of benzene rings is 2. The van der Waals surface area contributed by atoms with E-state index in [0.29, 0.717) is 5.82 Å². The summed E-state index contributed by atoms with van der Waals surface area (Å²) in [6.45, 7) is 0. The number of hydrogen-bond donors (Lipinski definition) is 3. The van der Waals surface area contributed by atoms with Crippen LogP contribution in [0.2, 0.25) is 0 Å². The highest BCUT2D eigenvalue weighted by atomic mass is 15.1. The Labute approximate surface area is 123 Å². The molecule has 0 spiro atoms. The smallest absolute Gasteiger partial charge is 0.221 e. The van der Waals surface area contributed by atoms with Crippen molar-refractivity contribution >= 4 is 23.1 Å². The summed E-state index contributed by atoms with van der Waals surface area (Å²) in [7, 11) is 0. The van der Waals surface area contributed by atoms with Crippen LogP contribution in [0.4, 0.5) is 23.1 Å². The summed E-state index contributed by atoms with van der Waals surface area (Å²) in [5.74, 6) is 0.967. The second-order valence-electron chi connectivity index (χ2n) is 4.20. The third-order valence-corrected chi connectivity index (χ3v) is 2.52. The number of nitrogens with two attached hydrogens (primary N) is 2. The van der Waals surface area contributed by atoms with Crippen molar-refractivity contribution in [3.8, 4) is 0 Å². The van der Waals surface area contributed by atoms with E-state index in [2.05, 4.69) is 15.3 Å². The number of aromatic nitrogens is 2. The molecule has 2 aromatic carbocycles. The maximum atomic E-state index is 5.45. The lowest BCUT2D eigenvalue weighted by molar-refractivity contribution is 1.18. The average Bonchev–Trinajstić information content (AvgIpc) is 2.50. The summed E-state index contributed by atoms with van der Waals surface area (Å²) in [6, 6.07) is 21.0. The molecule has 0 aliphatic heterocycles. The lowest BCUT2D eigenvalue weighted by Gasteiger charge is -2.04. The SMILES string of the molecule is Nc1ccccc1.Nc1nccc(Nc2ccccc2)n1. The van der Waals surface area contributed by atoms with Crippen molar-refractivity contribution in [2.24, 2.45) is 0 Å². The minimum Gasteiger partial charge on any atom is -0.399 e. The van der Waals surface area contributed by atoms with Crippen LogP contribution >= 0.6 is 0 Å². The fraction of sp³-hybridized carbons (Fsp3) is 0. The molecule has 0 bridgehead atoms. The molecule has 5 N–H and O–H groups in total. The maximum absolute atomic E-state index is 5.45. The molecule has 0 unspecified atom stereocenters. The number of para-hydroxylation sites is 2. The summed E-state index contributed by atoms with van der Waals surface area (Å²) in [5, 5.41) is 3.11. The molecule has 0 aliphatic rings. The molecule has 3 aromatic rings. The minimum atomic E-state index is 0.269. The van der Waals surface area contributed by atoms with E-state index in [-0.39, 0.29) is 5.95 Å². The summed E-state index contributed by atoms with van der Waals surface area (Å²) in [4.78, 5) is 7.83. The number of rotatable bonds is 2. The second-order valence-corrected chi connectivity index (χ2v) is 4.20. The van der Waals surface area contributed by atoms with Crippen molar-refractivity contribution in [1.82, 2.24) is 9.97 Å². The summed E-state index contributed by atoms with van der Waals surface area (Å²) in [6.07, 6.45) is 1.62. The van der Waals surface area contributed by atoms with E-state index in [1.807, 2.05) is 60.7 Å². The minimum absolute atomic E-state index is 0.269. The number of nitrogens with zero attached hydrogens (tertiary/aromatic N) is 2. The first-order valence-corrected chi connectivity index (χ1v) is 6.45. The zero-order chi connectivity index (χ0) is 14.9. The van der Waals surface area contributed by atoms with E-state index in [0.717, 1.165) is 11.4 Å². The Morgan fingerprint density at radius 1 is 0.762 bits per heavy atom. The third kappa shape index (κ3) is 5.20. The van der Waals surface area contributed by atoms with Crippen molar-refractivity contribution in [1.29, 1.82) is 0 Å². The molecule has 0 aliphatic carbocycles. The van der Waals surface area contributed by atoms with E-state index in [4.69, 9.17) is 11.5 Å². The van der Waals surface area contributed by atoms with Gasteiger partial charge in [-0.3, -0.25) is 0 Å². The zero-order valence-electron chi connectivity index (χ0n) is 11.5. The molecular weight excluding hydrogens is 262 g/mol. The van der Waals surface area contributed by atoms with Gasteiger partial charge >= 0.3 is 0 Å². The molecular formula is C16H17N5. The number of nitrogens with one attached hydrogen (secondary N) is 1. The van der Waals surface area contributed by atoms with Crippen molar-refractivity contribution < 1.29 is 0 Å². The summed E-state index contributed by atoms with van der Waals surface area (Å²) in [5.41, 5.74) is 12.6. The third-order valence-electron chi connectivity index (χ3n) is 2.52. The molecule has 1 aromatic heterocycles. The Morgan fingerprint density at radius 2 is 1.38 bits per heavy atom. The van der Waals surface area contributed by atoms with E-state index in [9.17, 15) is 0 Å². The molecule has 106 valence electrons. The van der Waals surface area contributed by atoms with Crippen molar-refractivity contribution in [2.75, 3.05) is 16.8 Å². The van der Waals surface area contributed by atoms with E-state index in [1.165, 1.54) is 0 Å². The fourth-order valence-corrected chi connectivity index (χ4v) is 1.57. The van der Waals surface area contributed by atoms with Gasteiger partial charge in [-0.25, -0.2) is 4.98 Å². The van der Waals surface area contributed by atoms with Gasteiger partial charge in [0.25, 0.3) is 0 Å². The van der Waals surface area contributed by atoms with Crippen LogP contribution in [0.15, 0.2) is 72.9 Å². The van der Waals surface area contributed by atoms with Gasteiger partial charge in [0.05, 0.1) is 0 Å². The Bertz CT molecular complexity index is 656. The quantitative estimate of drug-likeness (QED) is 0.627. The molecule has 3 rings (SSSR count). The average molecular weight is 279 g/mol. The van der Waals surface area contributed by atoms with Crippen LogP contribution in [0.25, 0.3) is 0 Å². The van der Waals surface area contributed by atoms with Crippen LogP contribution in [-0.4, -0.2) is 9.97 Å². The zero-order valence-corrected chi connectivity index (χ0v) is 11.5. The Balaban J connectivity index is 0.000000194. The highest BCUT2D eigenvalue weighted by Crippen LogP contribution is 2.12. The van der Waals surface area contributed by atoms with E-state index < -0.39 is 0 Å². The monoisotopic (exact) mass is 279 g/mol. The Kier molecular flexibility index (Phi) is 5.11. The Hall–Kier alpha value is -3.08. The van der Waals surface area contributed by atoms with Gasteiger partial charge in [-0.05, 0) is 30.3 Å². The normalized spacial score (nSPS) is 9.33. The van der Waals surface area contributed by atoms with E-state index in [1.54, 1.807) is 12.3 Å². The van der Waals surface area contributed by atoms with Crippen LogP contribution in [0, 0.1) is 0 Å². The topological polar surface area (TPSA) is 89.9 Å². The highest BCUT2D eigenvalue weighted by molar-refractivity contribution is 5.56. The molecule has 1 heterocycles. The molecule has 0 amide bonds. The van der Waals surface area contributed by atoms with Crippen LogP contribution in [-0.2, 0) is 0 Å². The first kappa shape index (κ1) is 14.3. The fourth-order valence-electron chi connectivity index (χ4n) is 1.57. The molecule has 0 radical (unpaired) electrons. The van der Waals surface area contributed by atoms with E-state index >= 15 is 0 Å². The predicted octanol–water partition coefficient (Wildman–Crippen LogP) is 3.07. The van der Waals surface area contributed by atoms with Crippen LogP contribution in [0.3, 0.4) is 0 Å². The van der Waals surface area contributed by atoms with Gasteiger partial charge in [-0.2, -0.15) is 4.98 Å². The largest absolute Gasteiger partial charge is 0.399 e. The van der Waals surface area contributed by atoms with Gasteiger partial charge in [0.1, 0.15) is 5.82 Å². The number of nitrogen functional groups attached to an aromatic ring is 2. The van der Waals surface area contributed by atoms with Crippen LogP contribution < -0.4 is 16.8 Å². The van der Waals surface area contributed by atoms with Gasteiger partial charge in [0, 0.05) is 17.6 Å². The molecule has 0 saturated heterocycles. The summed E-state index contributed by atoms with van der Waals surface area (Å²) < 4.78 is 0. The first-order valence-electron chi connectivity index (χ1n) is 6.45. The van der Waals surface area contributed by atoms with Gasteiger partial charge in [-0.15, -0.1) is 0 Å². The maximum Gasteiger partial charge on any atom is 0.221 e. The number of anilines is 4. The Morgan fingerprint density at radius 3 is 1.90 bits per heavy atom. The lowest BCUT2D eigenvalue weighted by Crippen LogP contribution is -1.98. The van der Waals surface area contributed by atoms with Gasteiger partial charge in [-0.1, -0.05) is 36.4 Å². The van der Waals surface area contributed by atoms with Gasteiger partial charge in [0.15, 0.2) is 0 Å². The molecule has 0 saturated carbocycles. The molecule has 0 atom stereocenters. The van der Waals surface area contributed by atoms with Gasteiger partial charge < -0.3 is 16.8 Å². The highest BCUT2D eigenvalue weighted by Gasteiger charge is 1.95. The molecule has 0 fully saturated rings.